The molecule has 1 aliphatic rings. The summed E-state index contributed by atoms with van der Waals surface area (Å²) in [6.45, 7) is 3.29. The number of amides is 2. The van der Waals surface area contributed by atoms with Gasteiger partial charge in [-0.2, -0.15) is 5.10 Å². The van der Waals surface area contributed by atoms with Gasteiger partial charge in [0.05, 0.1) is 43.0 Å². The van der Waals surface area contributed by atoms with E-state index >= 15 is 0 Å². The third-order valence-corrected chi connectivity index (χ3v) is 8.35. The minimum absolute atomic E-state index is 0.0839. The molecule has 6 N–H and O–H groups in total. The Hall–Kier alpha value is -4.55. The van der Waals surface area contributed by atoms with Gasteiger partial charge in [0.1, 0.15) is 30.1 Å². The van der Waals surface area contributed by atoms with Crippen molar-refractivity contribution >= 4 is 36.3 Å². The summed E-state index contributed by atoms with van der Waals surface area (Å²) in [4.78, 5) is 69.8. The number of fused-ring (bicyclic) bond motifs is 1. The van der Waals surface area contributed by atoms with Crippen molar-refractivity contribution in [1.29, 1.82) is 0 Å². The number of pyridine rings is 1. The quantitative estimate of drug-likeness (QED) is 0.0799. The number of rotatable bonds is 11. The van der Waals surface area contributed by atoms with Crippen LogP contribution >= 0.6 is 7.82 Å². The van der Waals surface area contributed by atoms with E-state index in [-0.39, 0.29) is 73.3 Å². The average Bonchev–Trinajstić information content (AvgIpc) is 3.73. The summed E-state index contributed by atoms with van der Waals surface area (Å²) in [6.07, 6.45) is 4.58. The number of aliphatic hydroxyl groups excluding tert-OH is 2. The van der Waals surface area contributed by atoms with Crippen molar-refractivity contribution in [2.45, 2.75) is 32.5 Å². The molecule has 0 aliphatic carbocycles. The summed E-state index contributed by atoms with van der Waals surface area (Å²) in [7, 11) is -3.54. The first-order chi connectivity index (χ1) is 23.3. The Morgan fingerprint density at radius 2 is 1.65 bits per heavy atom. The first kappa shape index (κ1) is 37.3. The van der Waals surface area contributed by atoms with Crippen molar-refractivity contribution in [3.63, 3.8) is 0 Å². The summed E-state index contributed by atoms with van der Waals surface area (Å²) in [6, 6.07) is 8.78. The van der Waals surface area contributed by atoms with Gasteiger partial charge in [0.25, 0.3) is 17.6 Å². The summed E-state index contributed by atoms with van der Waals surface area (Å²) < 4.78 is 24.2. The number of Topliss-reactive ketones (excluding diaryl/α,β-unsaturated/α-hetero) is 1. The van der Waals surface area contributed by atoms with Crippen LogP contribution in [0.15, 0.2) is 49.1 Å². The summed E-state index contributed by atoms with van der Waals surface area (Å²) >= 11 is 0. The maximum atomic E-state index is 13.6. The topological polar surface area (TPSA) is 249 Å². The minimum atomic E-state index is -4.90. The van der Waals surface area contributed by atoms with Crippen molar-refractivity contribution in [2.24, 2.45) is 5.73 Å². The zero-order chi connectivity index (χ0) is 35.9. The minimum Gasteiger partial charge on any atom is -0.494 e. The van der Waals surface area contributed by atoms with Gasteiger partial charge in [-0.3, -0.25) is 18.9 Å². The number of aliphatic hydroxyl groups is 2. The monoisotopic (exact) mass is 702 g/mol. The van der Waals surface area contributed by atoms with Crippen LogP contribution < -0.4 is 10.5 Å². The van der Waals surface area contributed by atoms with E-state index in [9.17, 15) is 28.7 Å². The number of hydrogen-bond acceptors (Lipinski definition) is 12. The van der Waals surface area contributed by atoms with Gasteiger partial charge in [0.2, 0.25) is 0 Å². The SMILES string of the molecule is CCC(N)(CO)CO.COc1cnc(-n2cnc(C)n2)c2c1c(C(=O)C(=O)N1CCN(C(=O)c3ccccc3)CC1)cn2COP(=O)(O)O. The van der Waals surface area contributed by atoms with Crippen LogP contribution in [-0.2, 0) is 20.6 Å². The molecule has 4 aromatic rings. The molecule has 0 bridgehead atoms. The molecule has 264 valence electrons. The van der Waals surface area contributed by atoms with Gasteiger partial charge < -0.3 is 44.8 Å². The average molecular weight is 703 g/mol. The van der Waals surface area contributed by atoms with E-state index in [0.29, 0.717) is 17.8 Å². The number of carbonyl (C=O) groups is 3. The largest absolute Gasteiger partial charge is 0.494 e. The fraction of sp³-hybridized carbons (Fsp3) is 0.400. The van der Waals surface area contributed by atoms with Crippen molar-refractivity contribution in [3.8, 4) is 11.6 Å². The summed E-state index contributed by atoms with van der Waals surface area (Å²) in [5, 5.41) is 21.4. The van der Waals surface area contributed by atoms with Crippen LogP contribution in [0.2, 0.25) is 0 Å². The van der Waals surface area contributed by atoms with Crippen LogP contribution in [0, 0.1) is 6.92 Å². The second-order valence-electron chi connectivity index (χ2n) is 11.2. The van der Waals surface area contributed by atoms with Crippen LogP contribution in [-0.4, -0.2) is 124 Å². The van der Waals surface area contributed by atoms with Crippen molar-refractivity contribution in [1.82, 2.24) is 34.1 Å². The summed E-state index contributed by atoms with van der Waals surface area (Å²) in [5.41, 5.74) is 5.26. The molecule has 0 unspecified atom stereocenters. The van der Waals surface area contributed by atoms with Gasteiger partial charge in [-0.05, 0) is 25.5 Å². The third kappa shape index (κ3) is 8.73. The Bertz CT molecular complexity index is 1820. The first-order valence-corrected chi connectivity index (χ1v) is 16.6. The maximum absolute atomic E-state index is 13.6. The molecule has 0 spiro atoms. The molecule has 0 saturated carbocycles. The molecule has 1 aliphatic heterocycles. The number of phosphoric ester groups is 1. The van der Waals surface area contributed by atoms with Crippen molar-refractivity contribution in [2.75, 3.05) is 46.5 Å². The number of hydrogen-bond donors (Lipinski definition) is 5. The highest BCUT2D eigenvalue weighted by molar-refractivity contribution is 7.46. The van der Waals surface area contributed by atoms with Gasteiger partial charge in [0, 0.05) is 37.9 Å². The maximum Gasteiger partial charge on any atom is 0.471 e. The molecule has 19 heteroatoms. The Balaban J connectivity index is 0.000000603. The Labute approximate surface area is 280 Å². The molecule has 2 amide bonds. The lowest BCUT2D eigenvalue weighted by Crippen LogP contribution is -2.52. The lowest BCUT2D eigenvalue weighted by molar-refractivity contribution is -0.127. The lowest BCUT2D eigenvalue weighted by atomic mass is 10.0. The van der Waals surface area contributed by atoms with Crippen LogP contribution in [0.1, 0.15) is 39.9 Å². The second-order valence-corrected chi connectivity index (χ2v) is 12.4. The van der Waals surface area contributed by atoms with Gasteiger partial charge in [-0.1, -0.05) is 25.1 Å². The number of ketones is 1. The molecule has 4 heterocycles. The number of ether oxygens (including phenoxy) is 1. The molecule has 1 aromatic carbocycles. The molecule has 3 aromatic heterocycles. The standard InChI is InChI=1S/C25H26N7O8P.C5H13NO2/c1-16-27-14-32(28-16)23-21-20(19(39-2)12-26-23)18(13-31(21)15-40-41(36,37)38)22(33)25(35)30-10-8-29(9-11-30)24(34)17-6-4-3-5-7-17;1-2-5(6,3-7)4-8/h3-7,12-14H,8-11,15H2,1-2H3,(H2,36,37,38);7-8H,2-4,6H2,1H3. The number of methoxy groups -OCH3 is 1. The van der Waals surface area contributed by atoms with E-state index < -0.39 is 31.8 Å². The Morgan fingerprint density at radius 3 is 2.16 bits per heavy atom. The van der Waals surface area contributed by atoms with Crippen LogP contribution in [0.5, 0.6) is 5.75 Å². The zero-order valence-electron chi connectivity index (χ0n) is 27.2. The van der Waals surface area contributed by atoms with Gasteiger partial charge in [-0.15, -0.1) is 0 Å². The fourth-order valence-electron chi connectivity index (χ4n) is 4.88. The Morgan fingerprint density at radius 1 is 1.02 bits per heavy atom. The molecule has 49 heavy (non-hydrogen) atoms. The molecular weight excluding hydrogens is 663 g/mol. The van der Waals surface area contributed by atoms with E-state index in [0.717, 1.165) is 0 Å². The molecule has 0 atom stereocenters. The van der Waals surface area contributed by atoms with Crippen molar-refractivity contribution < 1.29 is 48.2 Å². The van der Waals surface area contributed by atoms with Crippen LogP contribution in [0.4, 0.5) is 0 Å². The zero-order valence-corrected chi connectivity index (χ0v) is 28.1. The number of phosphoric acid groups is 1. The van der Waals surface area contributed by atoms with Gasteiger partial charge >= 0.3 is 7.82 Å². The number of nitrogens with zero attached hydrogens (tertiary/aromatic N) is 7. The second kappa shape index (κ2) is 15.8. The predicted octanol–water partition coefficient (Wildman–Crippen LogP) is 0.247. The number of nitrogens with two attached hydrogens (primary N) is 1. The highest BCUT2D eigenvalue weighted by atomic mass is 31.2. The highest BCUT2D eigenvalue weighted by Crippen LogP contribution is 2.39. The molecule has 1 saturated heterocycles. The Kier molecular flexibility index (Phi) is 12.0. The van der Waals surface area contributed by atoms with E-state index in [1.807, 2.05) is 13.0 Å². The molecule has 18 nitrogen and oxygen atoms in total. The number of benzene rings is 1. The van der Waals surface area contributed by atoms with E-state index in [1.54, 1.807) is 36.1 Å². The van der Waals surface area contributed by atoms with Gasteiger partial charge in [0.15, 0.2) is 5.82 Å². The normalized spacial score (nSPS) is 13.6. The highest BCUT2D eigenvalue weighted by Gasteiger charge is 2.33. The van der Waals surface area contributed by atoms with Crippen LogP contribution in [0.25, 0.3) is 16.7 Å². The van der Waals surface area contributed by atoms with Crippen LogP contribution in [0.3, 0.4) is 0 Å². The number of aryl methyl sites for hydroxylation is 1. The van der Waals surface area contributed by atoms with Gasteiger partial charge in [-0.25, -0.2) is 19.2 Å². The molecular formula is C30H39N8O10P. The van der Waals surface area contributed by atoms with E-state index in [1.165, 1.54) is 40.0 Å². The van der Waals surface area contributed by atoms with E-state index in [4.69, 9.17) is 25.2 Å². The fourth-order valence-corrected chi connectivity index (χ4v) is 5.16. The van der Waals surface area contributed by atoms with E-state index in [2.05, 4.69) is 15.1 Å². The summed E-state index contributed by atoms with van der Waals surface area (Å²) in [5.74, 6) is -1.11. The predicted molar refractivity (Wildman–Crippen MR) is 174 cm³/mol. The first-order valence-electron chi connectivity index (χ1n) is 15.1. The number of carbonyl (C=O) groups excluding carboxylic acids is 3. The molecule has 0 radical (unpaired) electrons. The smallest absolute Gasteiger partial charge is 0.471 e. The van der Waals surface area contributed by atoms with Crippen molar-refractivity contribution in [3.05, 3.63) is 66.0 Å². The molecule has 1 fully saturated rings. The third-order valence-electron chi connectivity index (χ3n) is 7.90. The molecule has 5 rings (SSSR count). The lowest BCUT2D eigenvalue weighted by Gasteiger charge is -2.34. The number of aromatic nitrogens is 5. The number of piperazine rings is 1.